The standard InChI is InChI=1S/C7H10N2O2/c1-5-2-3-6(4-5)8-9-7(10)11/h4,9H,2-3H2,1H3,(H,10,11)/b8-6-. The Bertz CT molecular complexity index is 231. The molecule has 0 saturated heterocycles. The van der Waals surface area contributed by atoms with E-state index in [0.717, 1.165) is 18.6 Å². The van der Waals surface area contributed by atoms with E-state index in [1.54, 1.807) is 0 Å². The fourth-order valence-corrected chi connectivity index (χ4v) is 0.962. The monoisotopic (exact) mass is 154 g/mol. The first-order valence-corrected chi connectivity index (χ1v) is 3.41. The summed E-state index contributed by atoms with van der Waals surface area (Å²) in [7, 11) is 0. The summed E-state index contributed by atoms with van der Waals surface area (Å²) in [4.78, 5) is 10.00. The first-order chi connectivity index (χ1) is 5.18. The third-order valence-corrected chi connectivity index (χ3v) is 1.48. The van der Waals surface area contributed by atoms with Crippen LogP contribution in [0.4, 0.5) is 4.79 Å². The molecular weight excluding hydrogens is 144 g/mol. The van der Waals surface area contributed by atoms with Gasteiger partial charge in [0.05, 0.1) is 5.71 Å². The highest BCUT2D eigenvalue weighted by Crippen LogP contribution is 2.13. The van der Waals surface area contributed by atoms with E-state index in [1.165, 1.54) is 5.57 Å². The van der Waals surface area contributed by atoms with Gasteiger partial charge in [0, 0.05) is 0 Å². The summed E-state index contributed by atoms with van der Waals surface area (Å²) >= 11 is 0. The van der Waals surface area contributed by atoms with Crippen LogP contribution in [0.5, 0.6) is 0 Å². The SMILES string of the molecule is CC1=C/C(=N\NC(=O)O)CC1. The summed E-state index contributed by atoms with van der Waals surface area (Å²) < 4.78 is 0. The topological polar surface area (TPSA) is 61.7 Å². The van der Waals surface area contributed by atoms with Crippen molar-refractivity contribution in [2.75, 3.05) is 0 Å². The molecule has 11 heavy (non-hydrogen) atoms. The lowest BCUT2D eigenvalue weighted by atomic mass is 10.3. The number of amides is 1. The Morgan fingerprint density at radius 3 is 2.91 bits per heavy atom. The average molecular weight is 154 g/mol. The first kappa shape index (κ1) is 7.78. The molecule has 4 heteroatoms. The molecule has 0 aromatic heterocycles. The van der Waals surface area contributed by atoms with E-state index in [0.29, 0.717) is 0 Å². The van der Waals surface area contributed by atoms with Crippen LogP contribution < -0.4 is 5.43 Å². The first-order valence-electron chi connectivity index (χ1n) is 3.41. The number of nitrogens with one attached hydrogen (secondary N) is 1. The van der Waals surface area contributed by atoms with E-state index in [1.807, 2.05) is 18.4 Å². The predicted octanol–water partition coefficient (Wildman–Crippen LogP) is 1.35. The molecule has 1 rings (SSSR count). The Labute approximate surface area is 64.6 Å². The van der Waals surface area contributed by atoms with Crippen LogP contribution in [0.3, 0.4) is 0 Å². The average Bonchev–Trinajstić information content (AvgIpc) is 2.31. The van der Waals surface area contributed by atoms with Gasteiger partial charge in [-0.15, -0.1) is 0 Å². The van der Waals surface area contributed by atoms with Crippen LogP contribution in [-0.2, 0) is 0 Å². The second-order valence-corrected chi connectivity index (χ2v) is 2.51. The van der Waals surface area contributed by atoms with Crippen molar-refractivity contribution in [2.24, 2.45) is 5.10 Å². The fourth-order valence-electron chi connectivity index (χ4n) is 0.962. The van der Waals surface area contributed by atoms with Crippen LogP contribution in [0.25, 0.3) is 0 Å². The molecule has 0 atom stereocenters. The van der Waals surface area contributed by atoms with Gasteiger partial charge in [0.2, 0.25) is 0 Å². The molecule has 0 saturated carbocycles. The van der Waals surface area contributed by atoms with Crippen molar-refractivity contribution < 1.29 is 9.90 Å². The molecular formula is C7H10N2O2. The second-order valence-electron chi connectivity index (χ2n) is 2.51. The number of nitrogens with zero attached hydrogens (tertiary/aromatic N) is 1. The Morgan fingerprint density at radius 1 is 1.73 bits per heavy atom. The van der Waals surface area contributed by atoms with Crippen LogP contribution in [0.1, 0.15) is 19.8 Å². The van der Waals surface area contributed by atoms with Crippen molar-refractivity contribution in [2.45, 2.75) is 19.8 Å². The van der Waals surface area contributed by atoms with E-state index in [4.69, 9.17) is 5.11 Å². The lowest BCUT2D eigenvalue weighted by Crippen LogP contribution is -2.15. The van der Waals surface area contributed by atoms with Gasteiger partial charge in [0.15, 0.2) is 0 Å². The Balaban J connectivity index is 2.49. The van der Waals surface area contributed by atoms with Crippen molar-refractivity contribution in [3.8, 4) is 0 Å². The Kier molecular flexibility index (Phi) is 2.25. The molecule has 60 valence electrons. The summed E-state index contributed by atoms with van der Waals surface area (Å²) in [6.07, 6.45) is 2.61. The van der Waals surface area contributed by atoms with E-state index in [-0.39, 0.29) is 0 Å². The third kappa shape index (κ3) is 2.41. The van der Waals surface area contributed by atoms with Gasteiger partial charge in [0.1, 0.15) is 0 Å². The van der Waals surface area contributed by atoms with E-state index in [9.17, 15) is 4.79 Å². The van der Waals surface area contributed by atoms with Crippen molar-refractivity contribution in [3.63, 3.8) is 0 Å². The summed E-state index contributed by atoms with van der Waals surface area (Å²) in [6.45, 7) is 2.00. The summed E-state index contributed by atoms with van der Waals surface area (Å²) in [5.41, 5.74) is 4.02. The largest absolute Gasteiger partial charge is 0.464 e. The number of hydrogen-bond donors (Lipinski definition) is 2. The minimum atomic E-state index is -1.12. The number of carboxylic acid groups (broad SMARTS) is 1. The minimum Gasteiger partial charge on any atom is -0.464 e. The van der Waals surface area contributed by atoms with Gasteiger partial charge in [0.25, 0.3) is 0 Å². The number of hydrazone groups is 1. The normalized spacial score (nSPS) is 20.1. The maximum Gasteiger partial charge on any atom is 0.425 e. The van der Waals surface area contributed by atoms with Gasteiger partial charge >= 0.3 is 6.09 Å². The number of rotatable bonds is 1. The van der Waals surface area contributed by atoms with Gasteiger partial charge in [-0.3, -0.25) is 0 Å². The molecule has 0 aliphatic heterocycles. The summed E-state index contributed by atoms with van der Waals surface area (Å²) in [5, 5.41) is 11.9. The third-order valence-electron chi connectivity index (χ3n) is 1.48. The maximum atomic E-state index is 10.00. The van der Waals surface area contributed by atoms with Gasteiger partial charge in [-0.2, -0.15) is 5.10 Å². The van der Waals surface area contributed by atoms with E-state index in [2.05, 4.69) is 5.10 Å². The highest BCUT2D eigenvalue weighted by atomic mass is 16.4. The molecule has 4 nitrogen and oxygen atoms in total. The summed E-state index contributed by atoms with van der Waals surface area (Å²) in [6, 6.07) is 0. The molecule has 1 amide bonds. The Morgan fingerprint density at radius 2 is 2.45 bits per heavy atom. The zero-order valence-corrected chi connectivity index (χ0v) is 6.29. The van der Waals surface area contributed by atoms with Crippen LogP contribution in [0.15, 0.2) is 16.8 Å². The number of allylic oxidation sites excluding steroid dienone is 2. The molecule has 0 aromatic carbocycles. The van der Waals surface area contributed by atoms with E-state index >= 15 is 0 Å². The highest BCUT2D eigenvalue weighted by Gasteiger charge is 2.06. The molecule has 0 heterocycles. The maximum absolute atomic E-state index is 10.00. The number of carbonyl (C=O) groups is 1. The zero-order chi connectivity index (χ0) is 8.27. The minimum absolute atomic E-state index is 0.810. The fraction of sp³-hybridized carbons (Fsp3) is 0.429. The van der Waals surface area contributed by atoms with Gasteiger partial charge in [-0.25, -0.2) is 10.2 Å². The van der Waals surface area contributed by atoms with Gasteiger partial charge in [-0.1, -0.05) is 5.57 Å². The lowest BCUT2D eigenvalue weighted by Gasteiger charge is -1.91. The predicted molar refractivity (Wildman–Crippen MR) is 41.6 cm³/mol. The van der Waals surface area contributed by atoms with Gasteiger partial charge < -0.3 is 5.11 Å². The van der Waals surface area contributed by atoms with Crippen molar-refractivity contribution in [3.05, 3.63) is 11.6 Å². The molecule has 0 aromatic rings. The molecule has 2 N–H and O–H groups in total. The molecule has 0 bridgehead atoms. The summed E-state index contributed by atoms with van der Waals surface area (Å²) in [5.74, 6) is 0. The van der Waals surface area contributed by atoms with Crippen molar-refractivity contribution >= 4 is 11.8 Å². The van der Waals surface area contributed by atoms with E-state index < -0.39 is 6.09 Å². The molecule has 0 radical (unpaired) electrons. The van der Waals surface area contributed by atoms with Crippen LogP contribution in [0.2, 0.25) is 0 Å². The molecule has 1 aliphatic carbocycles. The number of hydrogen-bond acceptors (Lipinski definition) is 2. The zero-order valence-electron chi connectivity index (χ0n) is 6.29. The van der Waals surface area contributed by atoms with Crippen LogP contribution in [-0.4, -0.2) is 16.9 Å². The lowest BCUT2D eigenvalue weighted by molar-refractivity contribution is 0.195. The molecule has 0 unspecified atom stereocenters. The van der Waals surface area contributed by atoms with Crippen LogP contribution >= 0.6 is 0 Å². The van der Waals surface area contributed by atoms with Gasteiger partial charge in [-0.05, 0) is 25.8 Å². The second kappa shape index (κ2) is 3.18. The quantitative estimate of drug-likeness (QED) is 0.560. The highest BCUT2D eigenvalue weighted by molar-refractivity contribution is 5.98. The van der Waals surface area contributed by atoms with Crippen LogP contribution in [0, 0.1) is 0 Å². The van der Waals surface area contributed by atoms with Crippen molar-refractivity contribution in [1.29, 1.82) is 0 Å². The molecule has 0 spiro atoms. The van der Waals surface area contributed by atoms with Crippen molar-refractivity contribution in [1.82, 2.24) is 5.43 Å². The molecule has 1 aliphatic rings. The Hall–Kier alpha value is -1.32. The molecule has 0 fully saturated rings. The smallest absolute Gasteiger partial charge is 0.425 e.